The summed E-state index contributed by atoms with van der Waals surface area (Å²) >= 11 is 1.69. The van der Waals surface area contributed by atoms with Crippen molar-refractivity contribution in [1.29, 1.82) is 0 Å². The highest BCUT2D eigenvalue weighted by Crippen LogP contribution is 2.11. The van der Waals surface area contributed by atoms with Gasteiger partial charge in [0, 0.05) is 30.1 Å². The molecule has 2 N–H and O–H groups in total. The lowest BCUT2D eigenvalue weighted by molar-refractivity contribution is 0.275. The van der Waals surface area contributed by atoms with Crippen LogP contribution in [0.3, 0.4) is 0 Å². The topological polar surface area (TPSA) is 50.1 Å². The number of aliphatic hydroxyl groups is 1. The van der Waals surface area contributed by atoms with Gasteiger partial charge in [0.15, 0.2) is 0 Å². The standard InChI is InChI=1S/C12H23N3OS/c1-9(2)15-6-5-11(14-15)7-13-10(3)12(8-16)17-4/h5-6,9-10,12-13,16H,7-8H2,1-4H3. The average Bonchev–Trinajstić information content (AvgIpc) is 2.76. The normalized spacial score (nSPS) is 15.2. The molecule has 2 unspecified atom stereocenters. The summed E-state index contributed by atoms with van der Waals surface area (Å²) in [6, 6.07) is 2.71. The van der Waals surface area contributed by atoms with Gasteiger partial charge in [0.1, 0.15) is 0 Å². The molecule has 5 heteroatoms. The first-order valence-electron chi connectivity index (χ1n) is 5.99. The zero-order valence-electron chi connectivity index (χ0n) is 11.1. The molecule has 0 bridgehead atoms. The average molecular weight is 257 g/mol. The minimum atomic E-state index is 0.204. The molecular formula is C12H23N3OS. The molecule has 2 atom stereocenters. The van der Waals surface area contributed by atoms with E-state index in [1.54, 1.807) is 11.8 Å². The van der Waals surface area contributed by atoms with Crippen LogP contribution in [0.2, 0.25) is 0 Å². The van der Waals surface area contributed by atoms with Crippen molar-refractivity contribution in [2.24, 2.45) is 0 Å². The maximum absolute atomic E-state index is 9.19. The predicted molar refractivity (Wildman–Crippen MR) is 73.3 cm³/mol. The Kier molecular flexibility index (Phi) is 6.02. The third kappa shape index (κ3) is 4.33. The quantitative estimate of drug-likeness (QED) is 0.780. The fourth-order valence-corrected chi connectivity index (χ4v) is 2.25. The number of hydrogen-bond donors (Lipinski definition) is 2. The Balaban J connectivity index is 2.44. The van der Waals surface area contributed by atoms with Crippen molar-refractivity contribution in [3.63, 3.8) is 0 Å². The fraction of sp³-hybridized carbons (Fsp3) is 0.750. The van der Waals surface area contributed by atoms with Crippen molar-refractivity contribution in [2.45, 2.75) is 44.6 Å². The molecule has 98 valence electrons. The number of thioether (sulfide) groups is 1. The summed E-state index contributed by atoms with van der Waals surface area (Å²) in [5, 5.41) is 17.3. The molecule has 0 radical (unpaired) electrons. The molecule has 0 aromatic carbocycles. The predicted octanol–water partition coefficient (Wildman–Crippen LogP) is 1.67. The van der Waals surface area contributed by atoms with E-state index in [4.69, 9.17) is 0 Å². The highest BCUT2D eigenvalue weighted by atomic mass is 32.2. The van der Waals surface area contributed by atoms with Crippen LogP contribution in [0.15, 0.2) is 12.3 Å². The summed E-state index contributed by atoms with van der Waals surface area (Å²) < 4.78 is 1.96. The van der Waals surface area contributed by atoms with E-state index in [-0.39, 0.29) is 17.9 Å². The van der Waals surface area contributed by atoms with Crippen LogP contribution in [-0.4, -0.2) is 39.0 Å². The van der Waals surface area contributed by atoms with Crippen LogP contribution in [-0.2, 0) is 6.54 Å². The second-order valence-corrected chi connectivity index (χ2v) is 5.58. The number of aliphatic hydroxyl groups excluding tert-OH is 1. The summed E-state index contributed by atoms with van der Waals surface area (Å²) in [7, 11) is 0. The molecule has 4 nitrogen and oxygen atoms in total. The number of hydrogen-bond acceptors (Lipinski definition) is 4. The highest BCUT2D eigenvalue weighted by Gasteiger charge is 2.14. The summed E-state index contributed by atoms with van der Waals surface area (Å²) in [6.45, 7) is 7.27. The molecule has 1 aromatic heterocycles. The minimum Gasteiger partial charge on any atom is -0.395 e. The first-order valence-corrected chi connectivity index (χ1v) is 7.28. The van der Waals surface area contributed by atoms with Crippen LogP contribution in [0.4, 0.5) is 0 Å². The van der Waals surface area contributed by atoms with E-state index in [2.05, 4.69) is 31.2 Å². The molecule has 1 heterocycles. The van der Waals surface area contributed by atoms with Crippen LogP contribution in [0, 0.1) is 0 Å². The summed E-state index contributed by atoms with van der Waals surface area (Å²) in [5.41, 5.74) is 1.04. The van der Waals surface area contributed by atoms with Gasteiger partial charge in [-0.25, -0.2) is 0 Å². The van der Waals surface area contributed by atoms with E-state index in [0.717, 1.165) is 12.2 Å². The van der Waals surface area contributed by atoms with E-state index >= 15 is 0 Å². The van der Waals surface area contributed by atoms with E-state index in [9.17, 15) is 5.11 Å². The Morgan fingerprint density at radius 3 is 2.65 bits per heavy atom. The van der Waals surface area contributed by atoms with Crippen molar-refractivity contribution in [3.8, 4) is 0 Å². The molecule has 0 spiro atoms. The monoisotopic (exact) mass is 257 g/mol. The molecule has 0 aliphatic rings. The van der Waals surface area contributed by atoms with Crippen molar-refractivity contribution < 1.29 is 5.11 Å². The molecule has 1 aromatic rings. The molecule has 17 heavy (non-hydrogen) atoms. The Labute approximate surface area is 108 Å². The third-order valence-electron chi connectivity index (χ3n) is 2.84. The Morgan fingerprint density at radius 1 is 1.47 bits per heavy atom. The maximum atomic E-state index is 9.19. The molecule has 0 saturated carbocycles. The van der Waals surface area contributed by atoms with Crippen LogP contribution in [0.1, 0.15) is 32.5 Å². The lowest BCUT2D eigenvalue weighted by atomic mass is 10.2. The highest BCUT2D eigenvalue weighted by molar-refractivity contribution is 7.99. The number of aromatic nitrogens is 2. The van der Waals surface area contributed by atoms with Crippen molar-refractivity contribution >= 4 is 11.8 Å². The molecule has 0 saturated heterocycles. The van der Waals surface area contributed by atoms with E-state index < -0.39 is 0 Å². The van der Waals surface area contributed by atoms with Crippen molar-refractivity contribution in [3.05, 3.63) is 18.0 Å². The first kappa shape index (κ1) is 14.5. The van der Waals surface area contributed by atoms with Crippen LogP contribution in [0.25, 0.3) is 0 Å². The van der Waals surface area contributed by atoms with Gasteiger partial charge in [0.05, 0.1) is 12.3 Å². The van der Waals surface area contributed by atoms with Gasteiger partial charge >= 0.3 is 0 Å². The van der Waals surface area contributed by atoms with Gasteiger partial charge in [-0.2, -0.15) is 16.9 Å². The summed E-state index contributed by atoms with van der Waals surface area (Å²) in [4.78, 5) is 0. The van der Waals surface area contributed by atoms with Gasteiger partial charge in [-0.1, -0.05) is 0 Å². The van der Waals surface area contributed by atoms with Gasteiger partial charge in [-0.05, 0) is 33.1 Å². The van der Waals surface area contributed by atoms with E-state index in [1.165, 1.54) is 0 Å². The first-order chi connectivity index (χ1) is 8.08. The largest absolute Gasteiger partial charge is 0.395 e. The molecule has 0 aliphatic carbocycles. The maximum Gasteiger partial charge on any atom is 0.0762 e. The second-order valence-electron chi connectivity index (χ2n) is 4.51. The van der Waals surface area contributed by atoms with Gasteiger partial charge in [-0.15, -0.1) is 0 Å². The summed E-state index contributed by atoms with van der Waals surface area (Å²) in [6.07, 6.45) is 4.02. The van der Waals surface area contributed by atoms with Crippen molar-refractivity contribution in [2.75, 3.05) is 12.9 Å². The Hall–Kier alpha value is -0.520. The zero-order chi connectivity index (χ0) is 12.8. The van der Waals surface area contributed by atoms with E-state index in [1.807, 2.05) is 23.2 Å². The Morgan fingerprint density at radius 2 is 2.18 bits per heavy atom. The SMILES string of the molecule is CSC(CO)C(C)NCc1ccn(C(C)C)n1. The van der Waals surface area contributed by atoms with Gasteiger partial charge in [-0.3, -0.25) is 4.68 Å². The van der Waals surface area contributed by atoms with Crippen molar-refractivity contribution in [1.82, 2.24) is 15.1 Å². The van der Waals surface area contributed by atoms with Gasteiger partial charge < -0.3 is 10.4 Å². The third-order valence-corrected chi connectivity index (χ3v) is 4.00. The lowest BCUT2D eigenvalue weighted by Gasteiger charge is -2.20. The fourth-order valence-electron chi connectivity index (χ4n) is 1.59. The molecule has 0 fully saturated rings. The molecule has 0 amide bonds. The van der Waals surface area contributed by atoms with Crippen LogP contribution in [0.5, 0.6) is 0 Å². The van der Waals surface area contributed by atoms with Crippen LogP contribution < -0.4 is 5.32 Å². The smallest absolute Gasteiger partial charge is 0.0762 e. The molecule has 1 rings (SSSR count). The van der Waals surface area contributed by atoms with E-state index in [0.29, 0.717) is 6.04 Å². The Bertz CT molecular complexity index is 323. The van der Waals surface area contributed by atoms with Crippen LogP contribution >= 0.6 is 11.8 Å². The second kappa shape index (κ2) is 7.03. The minimum absolute atomic E-state index is 0.204. The number of nitrogens with zero attached hydrogens (tertiary/aromatic N) is 2. The van der Waals surface area contributed by atoms with Gasteiger partial charge in [0.25, 0.3) is 0 Å². The zero-order valence-corrected chi connectivity index (χ0v) is 11.9. The number of rotatable bonds is 7. The number of nitrogens with one attached hydrogen (secondary N) is 1. The molecule has 0 aliphatic heterocycles. The van der Waals surface area contributed by atoms with Gasteiger partial charge in [0.2, 0.25) is 0 Å². The summed E-state index contributed by atoms with van der Waals surface area (Å²) in [5.74, 6) is 0. The molecular weight excluding hydrogens is 234 g/mol. The lowest BCUT2D eigenvalue weighted by Crippen LogP contribution is -2.37.